The Labute approximate surface area is 187 Å². The first-order valence-electron chi connectivity index (χ1n) is 10.0. The molecule has 0 saturated carbocycles. The second-order valence-electron chi connectivity index (χ2n) is 6.95. The minimum absolute atomic E-state index is 0.177. The summed E-state index contributed by atoms with van der Waals surface area (Å²) in [5.41, 5.74) is 1.57. The number of ether oxygens (including phenoxy) is 1. The Morgan fingerprint density at radius 2 is 1.83 bits per heavy atom. The van der Waals surface area contributed by atoms with Gasteiger partial charge in [-0.25, -0.2) is 0 Å². The topological polar surface area (TPSA) is 67.4 Å². The highest BCUT2D eigenvalue weighted by molar-refractivity contribution is 7.98. The highest BCUT2D eigenvalue weighted by atomic mass is 35.5. The Hall–Kier alpha value is -2.18. The lowest BCUT2D eigenvalue weighted by atomic mass is 10.1. The van der Waals surface area contributed by atoms with Gasteiger partial charge in [0, 0.05) is 6.54 Å². The van der Waals surface area contributed by atoms with Crippen molar-refractivity contribution in [3.05, 3.63) is 64.7 Å². The molecule has 0 bridgehead atoms. The third-order valence-electron chi connectivity index (χ3n) is 4.51. The van der Waals surface area contributed by atoms with Gasteiger partial charge in [-0.05, 0) is 62.5 Å². The Bertz CT molecular complexity index is 814. The van der Waals surface area contributed by atoms with Gasteiger partial charge in [0.15, 0.2) is 0 Å². The normalized spacial score (nSPS) is 11.6. The zero-order valence-electron chi connectivity index (χ0n) is 17.4. The molecule has 5 nitrogen and oxygen atoms in total. The van der Waals surface area contributed by atoms with Gasteiger partial charge in [0.25, 0.3) is 5.91 Å². The maximum absolute atomic E-state index is 12.6. The molecule has 30 heavy (non-hydrogen) atoms. The van der Waals surface area contributed by atoms with E-state index in [1.54, 1.807) is 36.0 Å². The van der Waals surface area contributed by atoms with Crippen molar-refractivity contribution in [1.29, 1.82) is 0 Å². The SMILES string of the molecule is CSCCC(NC(=O)c1ccccc1Cl)C(=O)NCCCCOc1ccc(C)cc1. The molecule has 2 N–H and O–H groups in total. The Morgan fingerprint density at radius 3 is 2.53 bits per heavy atom. The van der Waals surface area contributed by atoms with Gasteiger partial charge < -0.3 is 15.4 Å². The van der Waals surface area contributed by atoms with E-state index in [4.69, 9.17) is 16.3 Å². The number of rotatable bonds is 12. The van der Waals surface area contributed by atoms with Crippen molar-refractivity contribution in [2.24, 2.45) is 0 Å². The van der Waals surface area contributed by atoms with Crippen molar-refractivity contribution < 1.29 is 14.3 Å². The number of benzene rings is 2. The van der Waals surface area contributed by atoms with Gasteiger partial charge >= 0.3 is 0 Å². The van der Waals surface area contributed by atoms with Crippen LogP contribution in [0.4, 0.5) is 0 Å². The van der Waals surface area contributed by atoms with Crippen LogP contribution in [0.25, 0.3) is 0 Å². The first kappa shape index (κ1) is 24.1. The van der Waals surface area contributed by atoms with Crippen LogP contribution in [0.5, 0.6) is 5.75 Å². The summed E-state index contributed by atoms with van der Waals surface area (Å²) in [5.74, 6) is 1.10. The molecule has 0 heterocycles. The number of carbonyl (C=O) groups excluding carboxylic acids is 2. The maximum atomic E-state index is 12.6. The highest BCUT2D eigenvalue weighted by Crippen LogP contribution is 2.15. The summed E-state index contributed by atoms with van der Waals surface area (Å²) >= 11 is 7.73. The monoisotopic (exact) mass is 448 g/mol. The molecule has 0 aliphatic carbocycles. The molecule has 0 aliphatic heterocycles. The standard InChI is InChI=1S/C23H29ClN2O3S/c1-17-9-11-18(12-10-17)29-15-6-5-14-25-23(28)21(13-16-30-2)26-22(27)19-7-3-4-8-20(19)24/h3-4,7-12,21H,5-6,13-16H2,1-2H3,(H,25,28)(H,26,27). The predicted molar refractivity (Wildman–Crippen MR) is 125 cm³/mol. The fourth-order valence-corrected chi connectivity index (χ4v) is 3.47. The minimum Gasteiger partial charge on any atom is -0.494 e. The Kier molecular flexibility index (Phi) is 10.6. The fraction of sp³-hybridized carbons (Fsp3) is 0.391. The van der Waals surface area contributed by atoms with Gasteiger partial charge in [0.2, 0.25) is 5.91 Å². The number of aryl methyl sites for hydroxylation is 1. The summed E-state index contributed by atoms with van der Waals surface area (Å²) in [6.45, 7) is 3.17. The van der Waals surface area contributed by atoms with Crippen molar-refractivity contribution in [1.82, 2.24) is 10.6 Å². The third kappa shape index (κ3) is 8.28. The van der Waals surface area contributed by atoms with Crippen molar-refractivity contribution >= 4 is 35.2 Å². The zero-order valence-corrected chi connectivity index (χ0v) is 19.0. The van der Waals surface area contributed by atoms with Crippen LogP contribution in [-0.2, 0) is 4.79 Å². The lowest BCUT2D eigenvalue weighted by molar-refractivity contribution is -0.123. The van der Waals surface area contributed by atoms with Gasteiger partial charge in [-0.15, -0.1) is 0 Å². The molecule has 2 aromatic rings. The molecule has 0 aromatic heterocycles. The highest BCUT2D eigenvalue weighted by Gasteiger charge is 2.21. The fourth-order valence-electron chi connectivity index (χ4n) is 2.77. The van der Waals surface area contributed by atoms with Gasteiger partial charge in [-0.3, -0.25) is 9.59 Å². The smallest absolute Gasteiger partial charge is 0.253 e. The summed E-state index contributed by atoms with van der Waals surface area (Å²) in [5, 5.41) is 6.10. The summed E-state index contributed by atoms with van der Waals surface area (Å²) in [4.78, 5) is 25.1. The van der Waals surface area contributed by atoms with Gasteiger partial charge in [0.05, 0.1) is 17.2 Å². The van der Waals surface area contributed by atoms with E-state index in [-0.39, 0.29) is 11.8 Å². The van der Waals surface area contributed by atoms with Crippen LogP contribution in [0.15, 0.2) is 48.5 Å². The average Bonchev–Trinajstić information content (AvgIpc) is 2.74. The number of thioether (sulfide) groups is 1. The number of nitrogens with one attached hydrogen (secondary N) is 2. The van der Waals surface area contributed by atoms with E-state index in [9.17, 15) is 9.59 Å². The Balaban J connectivity index is 1.75. The molecule has 0 radical (unpaired) electrons. The van der Waals surface area contributed by atoms with Crippen LogP contribution in [0.3, 0.4) is 0 Å². The number of hydrogen-bond donors (Lipinski definition) is 2. The number of halogens is 1. The van der Waals surface area contributed by atoms with Crippen molar-refractivity contribution in [2.45, 2.75) is 32.2 Å². The van der Waals surface area contributed by atoms with Crippen molar-refractivity contribution in [3.63, 3.8) is 0 Å². The minimum atomic E-state index is -0.593. The molecule has 7 heteroatoms. The van der Waals surface area contributed by atoms with E-state index in [0.29, 0.717) is 30.2 Å². The number of carbonyl (C=O) groups is 2. The lowest BCUT2D eigenvalue weighted by Crippen LogP contribution is -2.47. The van der Waals surface area contributed by atoms with Gasteiger partial charge in [-0.2, -0.15) is 11.8 Å². The third-order valence-corrected chi connectivity index (χ3v) is 5.48. The van der Waals surface area contributed by atoms with Crippen LogP contribution in [0.1, 0.15) is 35.2 Å². The number of amides is 2. The quantitative estimate of drug-likeness (QED) is 0.470. The first-order chi connectivity index (χ1) is 14.5. The van der Waals surface area contributed by atoms with Crippen LogP contribution < -0.4 is 15.4 Å². The Morgan fingerprint density at radius 1 is 1.10 bits per heavy atom. The van der Waals surface area contributed by atoms with Crippen LogP contribution >= 0.6 is 23.4 Å². The van der Waals surface area contributed by atoms with Crippen molar-refractivity contribution in [2.75, 3.05) is 25.2 Å². The molecule has 2 rings (SSSR count). The van der Waals surface area contributed by atoms with Crippen molar-refractivity contribution in [3.8, 4) is 5.75 Å². The zero-order chi connectivity index (χ0) is 21.8. The predicted octanol–water partition coefficient (Wildman–Crippen LogP) is 4.48. The van der Waals surface area contributed by atoms with E-state index in [1.807, 2.05) is 37.4 Å². The van der Waals surface area contributed by atoms with E-state index in [0.717, 1.165) is 24.3 Å². The lowest BCUT2D eigenvalue weighted by Gasteiger charge is -2.18. The molecule has 162 valence electrons. The summed E-state index contributed by atoms with van der Waals surface area (Å²) in [7, 11) is 0. The van der Waals surface area contributed by atoms with Crippen LogP contribution in [0, 0.1) is 6.92 Å². The molecule has 1 unspecified atom stereocenters. The molecule has 0 fully saturated rings. The number of unbranched alkanes of at least 4 members (excludes halogenated alkanes) is 1. The van der Waals surface area contributed by atoms with E-state index in [2.05, 4.69) is 10.6 Å². The van der Waals surface area contributed by atoms with E-state index < -0.39 is 6.04 Å². The van der Waals surface area contributed by atoms with Gasteiger partial charge in [0.1, 0.15) is 11.8 Å². The second-order valence-corrected chi connectivity index (χ2v) is 8.34. The number of hydrogen-bond acceptors (Lipinski definition) is 4. The molecule has 1 atom stereocenters. The molecule has 0 spiro atoms. The van der Waals surface area contributed by atoms with E-state index in [1.165, 1.54) is 5.56 Å². The first-order valence-corrected chi connectivity index (χ1v) is 11.8. The molecular formula is C23H29ClN2O3S. The second kappa shape index (κ2) is 13.2. The summed E-state index contributed by atoms with van der Waals surface area (Å²) in [6, 6.07) is 14.2. The summed E-state index contributed by atoms with van der Waals surface area (Å²) in [6.07, 6.45) is 4.15. The molecule has 2 amide bonds. The van der Waals surface area contributed by atoms with Gasteiger partial charge in [-0.1, -0.05) is 41.4 Å². The molecular weight excluding hydrogens is 420 g/mol. The van der Waals surface area contributed by atoms with E-state index >= 15 is 0 Å². The molecule has 2 aromatic carbocycles. The largest absolute Gasteiger partial charge is 0.494 e. The average molecular weight is 449 g/mol. The van der Waals surface area contributed by atoms with Crippen LogP contribution in [-0.4, -0.2) is 43.0 Å². The summed E-state index contributed by atoms with van der Waals surface area (Å²) < 4.78 is 5.70. The molecule has 0 saturated heterocycles. The van der Waals surface area contributed by atoms with Crippen LogP contribution in [0.2, 0.25) is 5.02 Å². The molecule has 0 aliphatic rings. The maximum Gasteiger partial charge on any atom is 0.253 e.